The summed E-state index contributed by atoms with van der Waals surface area (Å²) in [5.74, 6) is 1.33. The average molecular weight is 262 g/mol. The Morgan fingerprint density at radius 1 is 1.32 bits per heavy atom. The highest BCUT2D eigenvalue weighted by Gasteiger charge is 2.05. The molecule has 0 saturated heterocycles. The maximum Gasteiger partial charge on any atom is 0.119 e. The monoisotopic (exact) mass is 262 g/mol. The van der Waals surface area contributed by atoms with Crippen LogP contribution in [0.4, 0.5) is 0 Å². The first-order valence-corrected chi connectivity index (χ1v) is 6.63. The molecule has 0 aliphatic rings. The van der Waals surface area contributed by atoms with Gasteiger partial charge in [0.2, 0.25) is 0 Å². The van der Waals surface area contributed by atoms with Gasteiger partial charge in [0.25, 0.3) is 0 Å². The minimum absolute atomic E-state index is 0.251. The molecular weight excluding hydrogens is 240 g/mol. The summed E-state index contributed by atoms with van der Waals surface area (Å²) in [6.07, 6.45) is 0.575. The molecule has 19 heavy (non-hydrogen) atoms. The van der Waals surface area contributed by atoms with Crippen molar-refractivity contribution in [2.45, 2.75) is 26.4 Å². The summed E-state index contributed by atoms with van der Waals surface area (Å²) < 4.78 is 5.45. The summed E-state index contributed by atoms with van der Waals surface area (Å²) >= 11 is 0. The molecule has 0 spiro atoms. The minimum atomic E-state index is -0.525. The molecule has 0 fully saturated rings. The van der Waals surface area contributed by atoms with Gasteiger partial charge in [0.1, 0.15) is 18.5 Å². The van der Waals surface area contributed by atoms with Gasteiger partial charge in [-0.05, 0) is 43.1 Å². The van der Waals surface area contributed by atoms with Gasteiger partial charge in [0.15, 0.2) is 0 Å². The van der Waals surface area contributed by atoms with Crippen LogP contribution in [0.15, 0.2) is 24.3 Å². The highest BCUT2D eigenvalue weighted by Crippen LogP contribution is 2.11. The summed E-state index contributed by atoms with van der Waals surface area (Å²) in [7, 11) is 0. The van der Waals surface area contributed by atoms with E-state index in [2.05, 4.69) is 19.2 Å². The number of aliphatic hydroxyl groups excluding tert-OH is 1. The summed E-state index contributed by atoms with van der Waals surface area (Å²) in [6.45, 7) is 6.04. The van der Waals surface area contributed by atoms with Crippen molar-refractivity contribution in [2.24, 2.45) is 5.92 Å². The zero-order chi connectivity index (χ0) is 14.1. The van der Waals surface area contributed by atoms with E-state index in [1.54, 1.807) is 24.3 Å². The van der Waals surface area contributed by atoms with E-state index < -0.39 is 6.10 Å². The number of benzene rings is 1. The predicted molar refractivity (Wildman–Crippen MR) is 75.0 cm³/mol. The van der Waals surface area contributed by atoms with Crippen LogP contribution in [0.1, 0.15) is 25.8 Å². The lowest BCUT2D eigenvalue weighted by molar-refractivity contribution is 0.106. The van der Waals surface area contributed by atoms with E-state index in [0.717, 1.165) is 13.0 Å². The van der Waals surface area contributed by atoms with Crippen LogP contribution in [-0.4, -0.2) is 30.9 Å². The fourth-order valence-corrected chi connectivity index (χ4v) is 1.54. The minimum Gasteiger partial charge on any atom is -0.491 e. The van der Waals surface area contributed by atoms with E-state index in [9.17, 15) is 5.11 Å². The van der Waals surface area contributed by atoms with Gasteiger partial charge in [-0.25, -0.2) is 0 Å². The third-order valence-electron chi connectivity index (χ3n) is 2.70. The van der Waals surface area contributed by atoms with Crippen molar-refractivity contribution in [1.82, 2.24) is 5.32 Å². The molecule has 4 heteroatoms. The molecule has 0 bridgehead atoms. The maximum absolute atomic E-state index is 9.74. The molecule has 1 rings (SSSR count). The second-order valence-corrected chi connectivity index (χ2v) is 4.99. The number of nitriles is 1. The van der Waals surface area contributed by atoms with E-state index in [-0.39, 0.29) is 6.61 Å². The molecule has 0 unspecified atom stereocenters. The summed E-state index contributed by atoms with van der Waals surface area (Å²) in [4.78, 5) is 0. The highest BCUT2D eigenvalue weighted by molar-refractivity contribution is 5.34. The molecule has 0 amide bonds. The molecular formula is C15H22N2O2. The number of aliphatic hydroxyl groups is 1. The molecule has 104 valence electrons. The van der Waals surface area contributed by atoms with E-state index in [1.807, 2.05) is 6.07 Å². The molecule has 1 aromatic rings. The first-order chi connectivity index (χ1) is 9.11. The lowest BCUT2D eigenvalue weighted by Crippen LogP contribution is -2.32. The quantitative estimate of drug-likeness (QED) is 0.703. The van der Waals surface area contributed by atoms with Crippen LogP contribution in [0.3, 0.4) is 0 Å². The van der Waals surface area contributed by atoms with Crippen molar-refractivity contribution in [2.75, 3.05) is 19.7 Å². The van der Waals surface area contributed by atoms with Gasteiger partial charge in [-0.15, -0.1) is 0 Å². The summed E-state index contributed by atoms with van der Waals surface area (Å²) in [5.41, 5.74) is 0.600. The number of nitrogens with zero attached hydrogens (tertiary/aromatic N) is 1. The summed E-state index contributed by atoms with van der Waals surface area (Å²) in [6, 6.07) is 8.91. The Kier molecular flexibility index (Phi) is 6.94. The fourth-order valence-electron chi connectivity index (χ4n) is 1.54. The average Bonchev–Trinajstić information content (AvgIpc) is 2.41. The lowest BCUT2D eigenvalue weighted by atomic mass is 10.1. The van der Waals surface area contributed by atoms with E-state index in [0.29, 0.717) is 23.8 Å². The van der Waals surface area contributed by atoms with Gasteiger partial charge in [0.05, 0.1) is 11.6 Å². The van der Waals surface area contributed by atoms with Crippen molar-refractivity contribution in [3.05, 3.63) is 29.8 Å². The van der Waals surface area contributed by atoms with Gasteiger partial charge in [-0.3, -0.25) is 0 Å². The molecule has 0 aliphatic carbocycles. The van der Waals surface area contributed by atoms with Crippen LogP contribution < -0.4 is 10.1 Å². The number of rotatable bonds is 8. The Labute approximate surface area is 115 Å². The Bertz CT molecular complexity index is 396. The SMILES string of the molecule is CC(C)CCNC[C@@H](O)COc1ccc(C#N)cc1. The highest BCUT2D eigenvalue weighted by atomic mass is 16.5. The number of nitrogens with one attached hydrogen (secondary N) is 1. The molecule has 1 aromatic carbocycles. The van der Waals surface area contributed by atoms with E-state index in [4.69, 9.17) is 10.00 Å². The Morgan fingerprint density at radius 3 is 2.58 bits per heavy atom. The van der Waals surface area contributed by atoms with Crippen LogP contribution in [0.25, 0.3) is 0 Å². The molecule has 2 N–H and O–H groups in total. The van der Waals surface area contributed by atoms with Gasteiger partial charge in [-0.1, -0.05) is 13.8 Å². The van der Waals surface area contributed by atoms with Crippen molar-refractivity contribution in [1.29, 1.82) is 5.26 Å². The first-order valence-electron chi connectivity index (χ1n) is 6.63. The maximum atomic E-state index is 9.74. The van der Waals surface area contributed by atoms with Gasteiger partial charge < -0.3 is 15.2 Å². The Hall–Kier alpha value is -1.57. The Morgan fingerprint density at radius 2 is 2.00 bits per heavy atom. The van der Waals surface area contributed by atoms with Crippen molar-refractivity contribution >= 4 is 0 Å². The van der Waals surface area contributed by atoms with Gasteiger partial charge in [-0.2, -0.15) is 5.26 Å². The van der Waals surface area contributed by atoms with Crippen molar-refractivity contribution in [3.63, 3.8) is 0 Å². The molecule has 0 radical (unpaired) electrons. The largest absolute Gasteiger partial charge is 0.491 e. The number of hydrogen-bond donors (Lipinski definition) is 2. The van der Waals surface area contributed by atoms with Crippen LogP contribution >= 0.6 is 0 Å². The Balaban J connectivity index is 2.18. The summed E-state index contributed by atoms with van der Waals surface area (Å²) in [5, 5.41) is 21.6. The molecule has 1 atom stereocenters. The van der Waals surface area contributed by atoms with Crippen LogP contribution in [0.2, 0.25) is 0 Å². The third-order valence-corrected chi connectivity index (χ3v) is 2.70. The van der Waals surface area contributed by atoms with Gasteiger partial charge >= 0.3 is 0 Å². The third kappa shape index (κ3) is 6.80. The first kappa shape index (κ1) is 15.5. The van der Waals surface area contributed by atoms with Crippen LogP contribution in [0.5, 0.6) is 5.75 Å². The second-order valence-electron chi connectivity index (χ2n) is 4.99. The normalized spacial score (nSPS) is 12.2. The topological polar surface area (TPSA) is 65.3 Å². The van der Waals surface area contributed by atoms with Gasteiger partial charge in [0, 0.05) is 6.54 Å². The fraction of sp³-hybridized carbons (Fsp3) is 0.533. The zero-order valence-electron chi connectivity index (χ0n) is 11.6. The molecule has 0 saturated carbocycles. The van der Waals surface area contributed by atoms with E-state index >= 15 is 0 Å². The predicted octanol–water partition coefficient (Wildman–Crippen LogP) is 1.93. The lowest BCUT2D eigenvalue weighted by Gasteiger charge is -2.13. The van der Waals surface area contributed by atoms with Crippen LogP contribution in [-0.2, 0) is 0 Å². The molecule has 0 aliphatic heterocycles. The van der Waals surface area contributed by atoms with E-state index in [1.165, 1.54) is 0 Å². The van der Waals surface area contributed by atoms with Crippen molar-refractivity contribution < 1.29 is 9.84 Å². The zero-order valence-corrected chi connectivity index (χ0v) is 11.6. The standard InChI is InChI=1S/C15H22N2O2/c1-12(2)7-8-17-10-14(18)11-19-15-5-3-13(9-16)4-6-15/h3-6,12,14,17-18H,7-8,10-11H2,1-2H3/t14-/m1/s1. The molecule has 0 heterocycles. The number of hydrogen-bond acceptors (Lipinski definition) is 4. The number of ether oxygens (including phenoxy) is 1. The van der Waals surface area contributed by atoms with Crippen molar-refractivity contribution in [3.8, 4) is 11.8 Å². The van der Waals surface area contributed by atoms with Crippen LogP contribution in [0, 0.1) is 17.2 Å². The second kappa shape index (κ2) is 8.52. The smallest absolute Gasteiger partial charge is 0.119 e. The molecule has 0 aromatic heterocycles. The molecule has 4 nitrogen and oxygen atoms in total.